The summed E-state index contributed by atoms with van der Waals surface area (Å²) in [6.45, 7) is 10.1. The van der Waals surface area contributed by atoms with Crippen LogP contribution in [0.15, 0.2) is 0 Å². The molecule has 0 aromatic heterocycles. The first-order valence-electron chi connectivity index (χ1n) is 8.40. The Morgan fingerprint density at radius 2 is 1.85 bits per heavy atom. The fraction of sp³-hybridized carbons (Fsp3) is 0.941. The quantitative estimate of drug-likeness (QED) is 0.548. The first-order valence-corrected chi connectivity index (χ1v) is 8.40. The molecular weight excluding hydrogens is 250 g/mol. The van der Waals surface area contributed by atoms with Gasteiger partial charge in [-0.1, -0.05) is 47.0 Å². The molecule has 120 valence electrons. The summed E-state index contributed by atoms with van der Waals surface area (Å²) >= 11 is 0. The van der Waals surface area contributed by atoms with Gasteiger partial charge in [-0.05, 0) is 43.6 Å². The molecule has 3 heteroatoms. The maximum absolute atomic E-state index is 11.8. The first kappa shape index (κ1) is 19.4. The molecule has 0 rings (SSSR count). The van der Waals surface area contributed by atoms with E-state index in [0.29, 0.717) is 37.3 Å². The fourth-order valence-corrected chi connectivity index (χ4v) is 2.51. The second kappa shape index (κ2) is 12.2. The highest BCUT2D eigenvalue weighted by atomic mass is 16.5. The lowest BCUT2D eigenvalue weighted by Crippen LogP contribution is -2.18. The van der Waals surface area contributed by atoms with Crippen molar-refractivity contribution in [3.8, 4) is 0 Å². The van der Waals surface area contributed by atoms with Gasteiger partial charge in [-0.15, -0.1) is 0 Å². The lowest BCUT2D eigenvalue weighted by atomic mass is 9.88. The molecule has 0 heterocycles. The number of rotatable bonds is 12. The summed E-state index contributed by atoms with van der Waals surface area (Å²) in [7, 11) is 0. The van der Waals surface area contributed by atoms with E-state index in [0.717, 1.165) is 19.3 Å². The molecule has 0 amide bonds. The van der Waals surface area contributed by atoms with Crippen LogP contribution in [0.25, 0.3) is 0 Å². The molecular formula is C17H35NO2. The Balaban J connectivity index is 3.91. The summed E-state index contributed by atoms with van der Waals surface area (Å²) < 4.78 is 5.43. The van der Waals surface area contributed by atoms with Gasteiger partial charge in [0.2, 0.25) is 0 Å². The van der Waals surface area contributed by atoms with E-state index in [1.54, 1.807) is 0 Å². The Hall–Kier alpha value is -0.570. The van der Waals surface area contributed by atoms with E-state index in [1.165, 1.54) is 19.3 Å². The van der Waals surface area contributed by atoms with Crippen molar-refractivity contribution >= 4 is 5.97 Å². The molecule has 20 heavy (non-hydrogen) atoms. The van der Waals surface area contributed by atoms with Gasteiger partial charge < -0.3 is 10.5 Å². The normalized spacial score (nSPS) is 14.3. The highest BCUT2D eigenvalue weighted by Crippen LogP contribution is 2.21. The van der Waals surface area contributed by atoms with Gasteiger partial charge >= 0.3 is 5.97 Å². The minimum Gasteiger partial charge on any atom is -0.465 e. The molecule has 0 spiro atoms. The molecule has 0 radical (unpaired) electrons. The monoisotopic (exact) mass is 285 g/mol. The van der Waals surface area contributed by atoms with Crippen LogP contribution in [0.5, 0.6) is 0 Å². The van der Waals surface area contributed by atoms with Gasteiger partial charge in [-0.2, -0.15) is 0 Å². The number of carbonyl (C=O) groups excluding carboxylic acids is 1. The van der Waals surface area contributed by atoms with Crippen molar-refractivity contribution in [2.75, 3.05) is 13.2 Å². The summed E-state index contributed by atoms with van der Waals surface area (Å²) in [6, 6.07) is 0. The molecule has 0 saturated carbocycles. The number of esters is 1. The SMILES string of the molecule is CCCCC(CC)COC(=O)CCC(CCN)C(C)C. The van der Waals surface area contributed by atoms with E-state index < -0.39 is 0 Å². The van der Waals surface area contributed by atoms with E-state index in [1.807, 2.05) is 0 Å². The third kappa shape index (κ3) is 9.35. The molecule has 0 aliphatic heterocycles. The molecule has 3 nitrogen and oxygen atoms in total. The van der Waals surface area contributed by atoms with Gasteiger partial charge in [0.15, 0.2) is 0 Å². The maximum atomic E-state index is 11.8. The first-order chi connectivity index (χ1) is 9.54. The van der Waals surface area contributed by atoms with Crippen LogP contribution in [0.1, 0.15) is 72.6 Å². The minimum atomic E-state index is -0.0392. The van der Waals surface area contributed by atoms with Crippen molar-refractivity contribution in [1.82, 2.24) is 0 Å². The Morgan fingerprint density at radius 3 is 2.35 bits per heavy atom. The smallest absolute Gasteiger partial charge is 0.305 e. The third-order valence-electron chi connectivity index (χ3n) is 4.22. The molecule has 0 aliphatic carbocycles. The molecule has 0 aromatic rings. The summed E-state index contributed by atoms with van der Waals surface area (Å²) in [4.78, 5) is 11.8. The highest BCUT2D eigenvalue weighted by Gasteiger charge is 2.16. The number of carbonyl (C=O) groups is 1. The Bertz CT molecular complexity index is 241. The van der Waals surface area contributed by atoms with Crippen LogP contribution in [0, 0.1) is 17.8 Å². The Labute approximate surface area is 125 Å². The van der Waals surface area contributed by atoms with Gasteiger partial charge in [-0.3, -0.25) is 4.79 Å². The van der Waals surface area contributed by atoms with E-state index in [9.17, 15) is 4.79 Å². The second-order valence-corrected chi connectivity index (χ2v) is 6.22. The molecule has 2 atom stereocenters. The summed E-state index contributed by atoms with van der Waals surface area (Å²) in [5.74, 6) is 1.61. The topological polar surface area (TPSA) is 52.3 Å². The molecule has 2 N–H and O–H groups in total. The van der Waals surface area contributed by atoms with Crippen molar-refractivity contribution in [1.29, 1.82) is 0 Å². The molecule has 0 aromatic carbocycles. The molecule has 0 aliphatic rings. The van der Waals surface area contributed by atoms with Gasteiger partial charge in [-0.25, -0.2) is 0 Å². The standard InChI is InChI=1S/C17H35NO2/c1-5-7-8-15(6-2)13-20-17(19)10-9-16(11-12-18)14(3)4/h14-16H,5-13,18H2,1-4H3. The summed E-state index contributed by atoms with van der Waals surface area (Å²) in [6.07, 6.45) is 7.13. The van der Waals surface area contributed by atoms with Crippen LogP contribution in [0.2, 0.25) is 0 Å². The van der Waals surface area contributed by atoms with Crippen LogP contribution in [0.4, 0.5) is 0 Å². The summed E-state index contributed by atoms with van der Waals surface area (Å²) in [5, 5.41) is 0. The van der Waals surface area contributed by atoms with Crippen molar-refractivity contribution in [3.05, 3.63) is 0 Å². The third-order valence-corrected chi connectivity index (χ3v) is 4.22. The van der Waals surface area contributed by atoms with Gasteiger partial charge in [0, 0.05) is 6.42 Å². The number of ether oxygens (including phenoxy) is 1. The molecule has 0 saturated heterocycles. The number of unbranched alkanes of at least 4 members (excludes halogenated alkanes) is 1. The average molecular weight is 285 g/mol. The van der Waals surface area contributed by atoms with Gasteiger partial charge in [0.05, 0.1) is 6.61 Å². The Morgan fingerprint density at radius 1 is 1.15 bits per heavy atom. The zero-order valence-corrected chi connectivity index (χ0v) is 14.0. The minimum absolute atomic E-state index is 0.0392. The van der Waals surface area contributed by atoms with E-state index in [2.05, 4.69) is 27.7 Å². The highest BCUT2D eigenvalue weighted by molar-refractivity contribution is 5.69. The van der Waals surface area contributed by atoms with Crippen molar-refractivity contribution in [2.24, 2.45) is 23.5 Å². The molecule has 0 bridgehead atoms. The van der Waals surface area contributed by atoms with Crippen LogP contribution in [0.3, 0.4) is 0 Å². The summed E-state index contributed by atoms with van der Waals surface area (Å²) in [5.41, 5.74) is 5.62. The number of hydrogen-bond acceptors (Lipinski definition) is 3. The van der Waals surface area contributed by atoms with Crippen LogP contribution < -0.4 is 5.73 Å². The lowest BCUT2D eigenvalue weighted by molar-refractivity contribution is -0.145. The van der Waals surface area contributed by atoms with E-state index >= 15 is 0 Å². The average Bonchev–Trinajstić information content (AvgIpc) is 2.43. The fourth-order valence-electron chi connectivity index (χ4n) is 2.51. The van der Waals surface area contributed by atoms with Crippen molar-refractivity contribution in [2.45, 2.75) is 72.6 Å². The lowest BCUT2D eigenvalue weighted by Gasteiger charge is -2.20. The van der Waals surface area contributed by atoms with Crippen molar-refractivity contribution in [3.63, 3.8) is 0 Å². The van der Waals surface area contributed by atoms with E-state index in [-0.39, 0.29) is 5.97 Å². The number of hydrogen-bond donors (Lipinski definition) is 1. The Kier molecular flexibility index (Phi) is 11.8. The van der Waals surface area contributed by atoms with Crippen LogP contribution >= 0.6 is 0 Å². The van der Waals surface area contributed by atoms with Crippen LogP contribution in [-0.2, 0) is 9.53 Å². The predicted molar refractivity (Wildman–Crippen MR) is 85.5 cm³/mol. The molecule has 0 fully saturated rings. The molecule has 2 unspecified atom stereocenters. The van der Waals surface area contributed by atoms with Gasteiger partial charge in [0.25, 0.3) is 0 Å². The van der Waals surface area contributed by atoms with Crippen molar-refractivity contribution < 1.29 is 9.53 Å². The predicted octanol–water partition coefficient (Wildman–Crippen LogP) is 4.15. The number of nitrogens with two attached hydrogens (primary N) is 1. The zero-order chi connectivity index (χ0) is 15.4. The van der Waals surface area contributed by atoms with Gasteiger partial charge in [0.1, 0.15) is 0 Å². The van der Waals surface area contributed by atoms with E-state index in [4.69, 9.17) is 10.5 Å². The maximum Gasteiger partial charge on any atom is 0.305 e. The largest absolute Gasteiger partial charge is 0.465 e. The zero-order valence-electron chi connectivity index (χ0n) is 14.0. The van der Waals surface area contributed by atoms with Crippen LogP contribution in [-0.4, -0.2) is 19.1 Å². The second-order valence-electron chi connectivity index (χ2n) is 6.22.